The van der Waals surface area contributed by atoms with Gasteiger partial charge in [-0.15, -0.1) is 0 Å². The van der Waals surface area contributed by atoms with Crippen LogP contribution in [0.1, 0.15) is 51.5 Å². The molecule has 25 heavy (non-hydrogen) atoms. The van der Waals surface area contributed by atoms with Crippen molar-refractivity contribution in [2.75, 3.05) is 24.5 Å². The summed E-state index contributed by atoms with van der Waals surface area (Å²) in [6, 6.07) is 5.27. The van der Waals surface area contributed by atoms with E-state index in [0.29, 0.717) is 30.3 Å². The minimum absolute atomic E-state index is 0.143. The average molecular weight is 365 g/mol. The van der Waals surface area contributed by atoms with Gasteiger partial charge in [-0.2, -0.15) is 4.31 Å². The Morgan fingerprint density at radius 1 is 1.12 bits per heavy atom. The second-order valence-electron chi connectivity index (χ2n) is 7.48. The standard InChI is InChI=1S/C19H28N2O3S/c1-15(2)7-10-19(22)21-13-5-6-16-14-17(8-9-18(16)21)25(23,24)20-11-3-4-12-20/h8-9,14-15H,3-7,10-13H2,1-2H3. The van der Waals surface area contributed by atoms with Crippen molar-refractivity contribution in [3.05, 3.63) is 23.8 Å². The van der Waals surface area contributed by atoms with Gasteiger partial charge < -0.3 is 4.90 Å². The number of amides is 1. The third-order valence-corrected chi connectivity index (χ3v) is 7.00. The largest absolute Gasteiger partial charge is 0.312 e. The van der Waals surface area contributed by atoms with Crippen LogP contribution in [0.25, 0.3) is 0 Å². The fourth-order valence-electron chi connectivity index (χ4n) is 3.62. The van der Waals surface area contributed by atoms with Gasteiger partial charge in [0.1, 0.15) is 0 Å². The molecule has 0 unspecified atom stereocenters. The molecule has 3 rings (SSSR count). The van der Waals surface area contributed by atoms with Crippen LogP contribution in [0.3, 0.4) is 0 Å². The summed E-state index contributed by atoms with van der Waals surface area (Å²) >= 11 is 0. The van der Waals surface area contributed by atoms with Crippen LogP contribution in [0.5, 0.6) is 0 Å². The smallest absolute Gasteiger partial charge is 0.243 e. The van der Waals surface area contributed by atoms with E-state index in [1.165, 1.54) is 0 Å². The predicted molar refractivity (Wildman–Crippen MR) is 99.2 cm³/mol. The number of fused-ring (bicyclic) bond motifs is 1. The highest BCUT2D eigenvalue weighted by Crippen LogP contribution is 2.31. The fraction of sp³-hybridized carbons (Fsp3) is 0.632. The molecule has 2 aliphatic heterocycles. The second-order valence-corrected chi connectivity index (χ2v) is 9.42. The first-order chi connectivity index (χ1) is 11.9. The summed E-state index contributed by atoms with van der Waals surface area (Å²) in [6.07, 6.45) is 5.00. The van der Waals surface area contributed by atoms with Gasteiger partial charge in [0.25, 0.3) is 0 Å². The predicted octanol–water partition coefficient (Wildman–Crippen LogP) is 3.19. The molecule has 5 nitrogen and oxygen atoms in total. The lowest BCUT2D eigenvalue weighted by atomic mass is 10.0. The minimum atomic E-state index is -3.40. The lowest BCUT2D eigenvalue weighted by Gasteiger charge is -2.30. The Hall–Kier alpha value is -1.40. The molecule has 1 amide bonds. The normalized spacial score (nSPS) is 18.6. The van der Waals surface area contributed by atoms with E-state index in [1.807, 2.05) is 11.0 Å². The van der Waals surface area contributed by atoms with E-state index in [4.69, 9.17) is 0 Å². The highest BCUT2D eigenvalue weighted by atomic mass is 32.2. The second kappa shape index (κ2) is 7.46. The summed E-state index contributed by atoms with van der Waals surface area (Å²) in [5, 5.41) is 0. The first-order valence-corrected chi connectivity index (χ1v) is 10.8. The maximum Gasteiger partial charge on any atom is 0.243 e. The van der Waals surface area contributed by atoms with Crippen LogP contribution in [-0.2, 0) is 21.2 Å². The van der Waals surface area contributed by atoms with E-state index < -0.39 is 10.0 Å². The monoisotopic (exact) mass is 364 g/mol. The Morgan fingerprint density at radius 3 is 2.52 bits per heavy atom. The topological polar surface area (TPSA) is 57.7 Å². The van der Waals surface area contributed by atoms with Crippen molar-refractivity contribution in [1.82, 2.24) is 4.31 Å². The van der Waals surface area contributed by atoms with Crippen LogP contribution in [0.15, 0.2) is 23.1 Å². The van der Waals surface area contributed by atoms with Crippen molar-refractivity contribution in [3.8, 4) is 0 Å². The molecule has 0 atom stereocenters. The first-order valence-electron chi connectivity index (χ1n) is 9.33. The minimum Gasteiger partial charge on any atom is -0.312 e. The van der Waals surface area contributed by atoms with E-state index in [1.54, 1.807) is 16.4 Å². The Kier molecular flexibility index (Phi) is 5.49. The number of hydrogen-bond acceptors (Lipinski definition) is 3. The number of rotatable bonds is 5. The zero-order chi connectivity index (χ0) is 18.0. The molecule has 2 heterocycles. The maximum atomic E-state index is 12.8. The van der Waals surface area contributed by atoms with Crippen molar-refractivity contribution in [2.45, 2.75) is 57.3 Å². The number of benzene rings is 1. The van der Waals surface area contributed by atoms with Gasteiger partial charge in [0, 0.05) is 31.7 Å². The van der Waals surface area contributed by atoms with Gasteiger partial charge in [-0.1, -0.05) is 13.8 Å². The molecule has 1 saturated heterocycles. The zero-order valence-corrected chi connectivity index (χ0v) is 16.0. The van der Waals surface area contributed by atoms with Gasteiger partial charge in [-0.25, -0.2) is 8.42 Å². The third-order valence-electron chi connectivity index (χ3n) is 5.11. The summed E-state index contributed by atoms with van der Waals surface area (Å²) in [5.41, 5.74) is 1.87. The van der Waals surface area contributed by atoms with Crippen molar-refractivity contribution in [2.24, 2.45) is 5.92 Å². The molecule has 138 valence electrons. The fourth-order valence-corrected chi connectivity index (χ4v) is 5.19. The van der Waals surface area contributed by atoms with Crippen molar-refractivity contribution in [1.29, 1.82) is 0 Å². The molecule has 0 aliphatic carbocycles. The SMILES string of the molecule is CC(C)CCC(=O)N1CCCc2cc(S(=O)(=O)N3CCCC3)ccc21. The van der Waals surface area contributed by atoms with E-state index in [0.717, 1.165) is 49.9 Å². The molecule has 0 N–H and O–H groups in total. The van der Waals surface area contributed by atoms with E-state index in [-0.39, 0.29) is 5.91 Å². The van der Waals surface area contributed by atoms with Crippen molar-refractivity contribution >= 4 is 21.6 Å². The molecule has 1 aromatic carbocycles. The van der Waals surface area contributed by atoms with Gasteiger partial charge in [0.05, 0.1) is 4.90 Å². The van der Waals surface area contributed by atoms with Crippen LogP contribution >= 0.6 is 0 Å². The maximum absolute atomic E-state index is 12.8. The summed E-state index contributed by atoms with van der Waals surface area (Å²) < 4.78 is 27.1. The third kappa shape index (κ3) is 3.90. The zero-order valence-electron chi connectivity index (χ0n) is 15.2. The highest BCUT2D eigenvalue weighted by Gasteiger charge is 2.29. The van der Waals surface area contributed by atoms with Gasteiger partial charge in [0.2, 0.25) is 15.9 Å². The number of hydrogen-bond donors (Lipinski definition) is 0. The summed E-state index contributed by atoms with van der Waals surface area (Å²) in [6.45, 7) is 6.18. The molecular formula is C19H28N2O3S. The molecular weight excluding hydrogens is 336 g/mol. The number of aryl methyl sites for hydroxylation is 1. The summed E-state index contributed by atoms with van der Waals surface area (Å²) in [5.74, 6) is 0.644. The lowest BCUT2D eigenvalue weighted by molar-refractivity contribution is -0.119. The number of sulfonamides is 1. The van der Waals surface area contributed by atoms with Gasteiger partial charge in [-0.05, 0) is 61.8 Å². The molecule has 6 heteroatoms. The highest BCUT2D eigenvalue weighted by molar-refractivity contribution is 7.89. The molecule has 0 aromatic heterocycles. The summed E-state index contributed by atoms with van der Waals surface area (Å²) in [7, 11) is -3.40. The van der Waals surface area contributed by atoms with Crippen LogP contribution in [0.2, 0.25) is 0 Å². The van der Waals surface area contributed by atoms with Crippen molar-refractivity contribution < 1.29 is 13.2 Å². The molecule has 2 aliphatic rings. The Balaban J connectivity index is 1.84. The van der Waals surface area contributed by atoms with E-state index >= 15 is 0 Å². The molecule has 0 radical (unpaired) electrons. The van der Waals surface area contributed by atoms with E-state index in [2.05, 4.69) is 13.8 Å². The Labute approximate surface area is 151 Å². The number of anilines is 1. The summed E-state index contributed by atoms with van der Waals surface area (Å²) in [4.78, 5) is 14.8. The molecule has 1 fully saturated rings. The molecule has 0 saturated carbocycles. The molecule has 1 aromatic rings. The number of carbonyl (C=O) groups is 1. The lowest BCUT2D eigenvalue weighted by Crippen LogP contribution is -2.35. The molecule has 0 bridgehead atoms. The first kappa shape index (κ1) is 18.4. The Bertz CT molecular complexity index is 737. The van der Waals surface area contributed by atoms with Crippen LogP contribution in [0.4, 0.5) is 5.69 Å². The quantitative estimate of drug-likeness (QED) is 0.806. The van der Waals surface area contributed by atoms with Gasteiger partial charge in [0.15, 0.2) is 0 Å². The van der Waals surface area contributed by atoms with Gasteiger partial charge in [-0.3, -0.25) is 4.79 Å². The number of nitrogens with zero attached hydrogens (tertiary/aromatic N) is 2. The van der Waals surface area contributed by atoms with Crippen LogP contribution < -0.4 is 4.90 Å². The average Bonchev–Trinajstić information content (AvgIpc) is 3.14. The van der Waals surface area contributed by atoms with E-state index in [9.17, 15) is 13.2 Å². The van der Waals surface area contributed by atoms with Crippen molar-refractivity contribution in [3.63, 3.8) is 0 Å². The number of carbonyl (C=O) groups excluding carboxylic acids is 1. The van der Waals surface area contributed by atoms with Gasteiger partial charge >= 0.3 is 0 Å². The Morgan fingerprint density at radius 2 is 1.84 bits per heavy atom. The van der Waals surface area contributed by atoms with Crippen LogP contribution in [-0.4, -0.2) is 38.3 Å². The molecule has 0 spiro atoms. The van der Waals surface area contributed by atoms with Crippen LogP contribution in [0, 0.1) is 5.92 Å².